The lowest BCUT2D eigenvalue weighted by molar-refractivity contribution is -0.870. The van der Waals surface area contributed by atoms with E-state index in [1.807, 2.05) is 21.1 Å². The maximum absolute atomic E-state index is 12.9. The molecule has 9 nitrogen and oxygen atoms in total. The normalized spacial score (nSPS) is 13.5. The molecule has 0 amide bonds. The highest BCUT2D eigenvalue weighted by molar-refractivity contribution is 5.71. The highest BCUT2D eigenvalue weighted by Crippen LogP contribution is 2.16. The number of carboxylic acid groups (broad SMARTS) is 1. The van der Waals surface area contributed by atoms with Crippen molar-refractivity contribution < 1.29 is 42.9 Å². The zero-order chi connectivity index (χ0) is 56.2. The number of unbranched alkanes of at least 4 members (excludes halogenated alkanes) is 23. The third-order valence-corrected chi connectivity index (χ3v) is 13.0. The van der Waals surface area contributed by atoms with Crippen LogP contribution in [0.4, 0.5) is 0 Å². The number of allylic oxidation sites excluding steroid dienone is 18. The number of ether oxygens (including phenoxy) is 4. The predicted octanol–water partition coefficient (Wildman–Crippen LogP) is 18.7. The molecule has 0 bridgehead atoms. The summed E-state index contributed by atoms with van der Waals surface area (Å²) >= 11 is 0. The lowest BCUT2D eigenvalue weighted by Gasteiger charge is -2.25. The largest absolute Gasteiger partial charge is 0.477 e. The van der Waals surface area contributed by atoms with Gasteiger partial charge in [-0.2, -0.15) is 0 Å². The first-order valence-electron chi connectivity index (χ1n) is 31.1. The van der Waals surface area contributed by atoms with Gasteiger partial charge < -0.3 is 28.5 Å². The maximum atomic E-state index is 12.9. The minimum Gasteiger partial charge on any atom is -0.477 e. The van der Waals surface area contributed by atoms with Gasteiger partial charge in [0.25, 0.3) is 6.29 Å². The summed E-state index contributed by atoms with van der Waals surface area (Å²) in [7, 11) is 5.95. The molecule has 0 aliphatic heterocycles. The third-order valence-electron chi connectivity index (χ3n) is 13.0. The predicted molar refractivity (Wildman–Crippen MR) is 327 cm³/mol. The van der Waals surface area contributed by atoms with E-state index in [4.69, 9.17) is 18.9 Å². The van der Waals surface area contributed by atoms with Crippen LogP contribution in [-0.2, 0) is 33.3 Å². The highest BCUT2D eigenvalue weighted by atomic mass is 16.7. The number of carbonyl (C=O) groups excluding carboxylic acids is 2. The number of likely N-dealkylation sites (N-methyl/N-ethyl adjacent to an activating group) is 1. The molecule has 1 N–H and O–H groups in total. The van der Waals surface area contributed by atoms with E-state index in [0.29, 0.717) is 23.9 Å². The molecular weight excluding hydrogens is 959 g/mol. The fraction of sp³-hybridized carbons (Fsp3) is 0.691. The molecule has 2 atom stereocenters. The Hall–Kier alpha value is -4.05. The summed E-state index contributed by atoms with van der Waals surface area (Å²) in [5, 5.41) is 9.71. The van der Waals surface area contributed by atoms with E-state index in [1.54, 1.807) is 0 Å². The SMILES string of the molecule is CC/C=C\C/C=C\C/C=C\C/C=C\C/C=C\C/C=C\C/C=C\C/C=C\C/C=C\CCCC(=O)OC(COC(=O)CCCCCCCCCCCCCCCCCCCCCCCCC)COC(OCC[N+](C)(C)C)C(=O)O. The number of carbonyl (C=O) groups is 3. The quantitative estimate of drug-likeness (QED) is 0.0211. The van der Waals surface area contributed by atoms with E-state index in [2.05, 4.69) is 123 Å². The third kappa shape index (κ3) is 59.5. The minimum atomic E-state index is -1.53. The lowest BCUT2D eigenvalue weighted by atomic mass is 10.0. The second-order valence-corrected chi connectivity index (χ2v) is 21.6. The van der Waals surface area contributed by atoms with Crippen LogP contribution in [0.1, 0.15) is 245 Å². The van der Waals surface area contributed by atoms with Gasteiger partial charge in [-0.3, -0.25) is 9.59 Å². The van der Waals surface area contributed by atoms with Crippen molar-refractivity contribution in [2.75, 3.05) is 47.5 Å². The Balaban J connectivity index is 4.34. The average Bonchev–Trinajstić information content (AvgIpc) is 3.40. The number of nitrogens with zero attached hydrogens (tertiary/aromatic N) is 1. The van der Waals surface area contributed by atoms with Crippen molar-refractivity contribution in [3.63, 3.8) is 0 Å². The minimum absolute atomic E-state index is 0.172. The van der Waals surface area contributed by atoms with Crippen molar-refractivity contribution in [2.45, 2.75) is 257 Å². The molecule has 440 valence electrons. The average molecular weight is 1080 g/mol. The Morgan fingerprint density at radius 1 is 0.403 bits per heavy atom. The van der Waals surface area contributed by atoms with Crippen LogP contribution in [0.5, 0.6) is 0 Å². The fourth-order valence-electron chi connectivity index (χ4n) is 8.31. The van der Waals surface area contributed by atoms with Crippen molar-refractivity contribution in [1.82, 2.24) is 0 Å². The Kier molecular flexibility index (Phi) is 55.1. The first-order valence-corrected chi connectivity index (χ1v) is 31.1. The van der Waals surface area contributed by atoms with Gasteiger partial charge in [-0.15, -0.1) is 0 Å². The molecule has 77 heavy (non-hydrogen) atoms. The molecule has 0 aliphatic rings. The molecule has 0 rings (SSSR count). The zero-order valence-corrected chi connectivity index (χ0v) is 50.1. The molecule has 0 radical (unpaired) electrons. The molecule has 2 unspecified atom stereocenters. The van der Waals surface area contributed by atoms with Gasteiger partial charge in [-0.05, 0) is 77.0 Å². The maximum Gasteiger partial charge on any atom is 0.361 e. The first-order chi connectivity index (χ1) is 37.6. The number of carboxylic acids is 1. The summed E-state index contributed by atoms with van der Waals surface area (Å²) in [6, 6.07) is 0. The number of rotatable bonds is 56. The van der Waals surface area contributed by atoms with Crippen LogP contribution in [0.25, 0.3) is 0 Å². The summed E-state index contributed by atoms with van der Waals surface area (Å²) in [5.74, 6) is -2.09. The van der Waals surface area contributed by atoms with Crippen LogP contribution in [0.2, 0.25) is 0 Å². The zero-order valence-electron chi connectivity index (χ0n) is 50.1. The van der Waals surface area contributed by atoms with Crippen molar-refractivity contribution in [3.8, 4) is 0 Å². The van der Waals surface area contributed by atoms with E-state index < -0.39 is 24.3 Å². The van der Waals surface area contributed by atoms with Crippen LogP contribution in [0.15, 0.2) is 109 Å². The van der Waals surface area contributed by atoms with E-state index in [-0.39, 0.29) is 38.6 Å². The molecule has 0 aromatic rings. The fourth-order valence-corrected chi connectivity index (χ4v) is 8.31. The van der Waals surface area contributed by atoms with Crippen LogP contribution in [-0.4, -0.2) is 87.4 Å². The molecule has 0 aromatic heterocycles. The Labute approximate surface area is 473 Å². The van der Waals surface area contributed by atoms with Crippen molar-refractivity contribution in [2.24, 2.45) is 0 Å². The highest BCUT2D eigenvalue weighted by Gasteiger charge is 2.25. The molecule has 9 heteroatoms. The molecule has 0 aromatic carbocycles. The molecule has 0 saturated carbocycles. The topological polar surface area (TPSA) is 108 Å². The van der Waals surface area contributed by atoms with E-state index in [9.17, 15) is 19.5 Å². The van der Waals surface area contributed by atoms with Crippen LogP contribution >= 0.6 is 0 Å². The smallest absolute Gasteiger partial charge is 0.361 e. The van der Waals surface area contributed by atoms with Gasteiger partial charge in [0.05, 0.1) is 34.4 Å². The standard InChI is InChI=1S/C68H115NO8/c1-6-8-10-12-14-16-18-20-22-24-26-28-30-31-32-33-34-35-37-39-41-43-45-47-49-51-53-55-57-59-66(71)77-64(63-76-68(67(72)73)74-61-60-69(3,4)5)62-75-65(70)58-56-54-52-50-48-46-44-42-40-38-36-29-27-25-23-21-19-17-15-13-11-9-7-2/h8,10,14,16,20,22,26,28,31-32,34-35,39,41,45,47,51,53,64,68H,6-7,9,11-13,15,17-19,21,23-25,27,29-30,33,36-38,40,42-44,46,48-50,52,54-63H2,1-5H3/p+1/b10-8-,16-14-,22-20-,28-26-,32-31-,35-34-,41-39-,47-45-,53-51-. The molecule has 0 aliphatic carbocycles. The van der Waals surface area contributed by atoms with Gasteiger partial charge in [0.2, 0.25) is 0 Å². The molecule has 0 fully saturated rings. The number of aliphatic carboxylic acids is 1. The van der Waals surface area contributed by atoms with Gasteiger partial charge in [0, 0.05) is 12.8 Å². The second kappa shape index (κ2) is 58.1. The van der Waals surface area contributed by atoms with Crippen molar-refractivity contribution >= 4 is 17.9 Å². The lowest BCUT2D eigenvalue weighted by Crippen LogP contribution is -2.40. The summed E-state index contributed by atoms with van der Waals surface area (Å²) in [6.45, 7) is 4.71. The van der Waals surface area contributed by atoms with E-state index in [1.165, 1.54) is 128 Å². The van der Waals surface area contributed by atoms with Crippen LogP contribution in [0, 0.1) is 0 Å². The molecule has 0 saturated heterocycles. The van der Waals surface area contributed by atoms with Crippen LogP contribution in [0.3, 0.4) is 0 Å². The Morgan fingerprint density at radius 3 is 1.09 bits per heavy atom. The number of hydrogen-bond donors (Lipinski definition) is 1. The van der Waals surface area contributed by atoms with Gasteiger partial charge >= 0.3 is 17.9 Å². The van der Waals surface area contributed by atoms with Crippen molar-refractivity contribution in [3.05, 3.63) is 109 Å². The van der Waals surface area contributed by atoms with Crippen LogP contribution < -0.4 is 0 Å². The van der Waals surface area contributed by atoms with Crippen molar-refractivity contribution in [1.29, 1.82) is 0 Å². The van der Waals surface area contributed by atoms with Gasteiger partial charge in [-0.1, -0.05) is 264 Å². The molecular formula is C68H116NO8+. The van der Waals surface area contributed by atoms with Gasteiger partial charge in [0.1, 0.15) is 13.2 Å². The Morgan fingerprint density at radius 2 is 0.740 bits per heavy atom. The summed E-state index contributed by atoms with van der Waals surface area (Å²) < 4.78 is 22.8. The Bertz CT molecular complexity index is 1630. The number of esters is 2. The first kappa shape index (κ1) is 73.0. The summed E-state index contributed by atoms with van der Waals surface area (Å²) in [5.41, 5.74) is 0. The van der Waals surface area contributed by atoms with Gasteiger partial charge in [-0.25, -0.2) is 4.79 Å². The van der Waals surface area contributed by atoms with E-state index >= 15 is 0 Å². The number of hydrogen-bond acceptors (Lipinski definition) is 7. The van der Waals surface area contributed by atoms with E-state index in [0.717, 1.165) is 77.0 Å². The second-order valence-electron chi connectivity index (χ2n) is 21.6. The molecule has 0 heterocycles. The number of quaternary nitrogens is 1. The summed E-state index contributed by atoms with van der Waals surface area (Å²) in [6.07, 6.45) is 77.6. The van der Waals surface area contributed by atoms with Gasteiger partial charge in [0.15, 0.2) is 6.10 Å². The molecule has 0 spiro atoms. The summed E-state index contributed by atoms with van der Waals surface area (Å²) in [4.78, 5) is 37.5. The monoisotopic (exact) mass is 1070 g/mol.